The number of nitrogens with zero attached hydrogens (tertiary/aromatic N) is 2. The fourth-order valence-corrected chi connectivity index (χ4v) is 4.41. The van der Waals surface area contributed by atoms with Crippen molar-refractivity contribution in [2.75, 3.05) is 24.2 Å². The highest BCUT2D eigenvalue weighted by molar-refractivity contribution is 8.14. The van der Waals surface area contributed by atoms with Crippen molar-refractivity contribution in [1.82, 2.24) is 4.90 Å². The van der Waals surface area contributed by atoms with E-state index >= 15 is 0 Å². The number of hydrogen-bond donors (Lipinski definition) is 1. The van der Waals surface area contributed by atoms with E-state index in [1.165, 1.54) is 31.0 Å². The zero-order chi connectivity index (χ0) is 19.9. The number of para-hydroxylation sites is 1. The highest BCUT2D eigenvalue weighted by Crippen LogP contribution is 2.24. The maximum absolute atomic E-state index is 12.7. The summed E-state index contributed by atoms with van der Waals surface area (Å²) in [6.07, 6.45) is 3.62. The molecule has 0 aromatic heterocycles. The van der Waals surface area contributed by atoms with Crippen LogP contribution in [-0.4, -0.2) is 34.8 Å². The first-order valence-electron chi connectivity index (χ1n) is 10.1. The third kappa shape index (κ3) is 5.18. The molecule has 0 spiro atoms. The third-order valence-corrected chi connectivity index (χ3v) is 6.02. The van der Waals surface area contributed by atoms with E-state index in [1.807, 2.05) is 60.7 Å². The topological polar surface area (TPSA) is 44.7 Å². The second-order valence-corrected chi connectivity index (χ2v) is 8.08. The van der Waals surface area contributed by atoms with Crippen molar-refractivity contribution in [3.63, 3.8) is 0 Å². The lowest BCUT2D eigenvalue weighted by atomic mass is 10.1. The summed E-state index contributed by atoms with van der Waals surface area (Å²) in [5.74, 6) is 0.329. The minimum atomic E-state index is -0.0101. The number of piperidine rings is 1. The van der Waals surface area contributed by atoms with Crippen LogP contribution >= 0.6 is 11.8 Å². The predicted molar refractivity (Wildman–Crippen MR) is 124 cm³/mol. The predicted octanol–water partition coefficient (Wildman–Crippen LogP) is 5.69. The van der Waals surface area contributed by atoms with Crippen molar-refractivity contribution in [3.8, 4) is 0 Å². The molecule has 3 aromatic carbocycles. The van der Waals surface area contributed by atoms with Crippen LogP contribution in [0, 0.1) is 0 Å². The molecule has 1 heterocycles. The number of likely N-dealkylation sites (tertiary alicyclic amines) is 1. The van der Waals surface area contributed by atoms with Crippen LogP contribution in [-0.2, 0) is 4.79 Å². The van der Waals surface area contributed by atoms with Crippen LogP contribution in [0.25, 0.3) is 10.8 Å². The van der Waals surface area contributed by atoms with Gasteiger partial charge in [0.1, 0.15) is 0 Å². The lowest BCUT2D eigenvalue weighted by Gasteiger charge is -2.29. The summed E-state index contributed by atoms with van der Waals surface area (Å²) >= 11 is 1.52. The quantitative estimate of drug-likeness (QED) is 0.450. The maximum atomic E-state index is 12.7. The Morgan fingerprint density at radius 1 is 0.897 bits per heavy atom. The first-order chi connectivity index (χ1) is 14.3. The Balaban J connectivity index is 1.46. The standard InChI is InChI=1S/C24H25N3OS/c28-23(26-22-15-9-11-19-10-5-6-14-21(19)22)18-29-24(27-16-7-2-8-17-27)25-20-12-3-1-4-13-20/h1,3-6,9-15H,2,7-8,16-18H2,(H,26,28). The number of carbonyl (C=O) groups is 1. The number of amidine groups is 1. The molecule has 1 aliphatic heterocycles. The number of thioether (sulfide) groups is 1. The second-order valence-electron chi connectivity index (χ2n) is 7.14. The second kappa shape index (κ2) is 9.61. The number of aliphatic imine (C=N–C) groups is 1. The lowest BCUT2D eigenvalue weighted by Crippen LogP contribution is -2.34. The molecule has 0 atom stereocenters. The summed E-state index contributed by atoms with van der Waals surface area (Å²) < 4.78 is 0. The van der Waals surface area contributed by atoms with E-state index in [1.54, 1.807) is 0 Å². The zero-order valence-corrected chi connectivity index (χ0v) is 17.2. The van der Waals surface area contributed by atoms with Crippen LogP contribution in [0.3, 0.4) is 0 Å². The van der Waals surface area contributed by atoms with Gasteiger partial charge in [0.05, 0.1) is 11.4 Å². The van der Waals surface area contributed by atoms with Crippen molar-refractivity contribution in [3.05, 3.63) is 72.8 Å². The third-order valence-electron chi connectivity index (χ3n) is 5.00. The molecule has 5 heteroatoms. The van der Waals surface area contributed by atoms with Crippen LogP contribution < -0.4 is 5.32 Å². The van der Waals surface area contributed by atoms with Gasteiger partial charge in [-0.25, -0.2) is 4.99 Å². The summed E-state index contributed by atoms with van der Waals surface area (Å²) in [5.41, 5.74) is 1.78. The Labute approximate surface area is 176 Å². The molecule has 0 unspecified atom stereocenters. The monoisotopic (exact) mass is 403 g/mol. The molecular formula is C24H25N3OS. The Morgan fingerprint density at radius 2 is 1.62 bits per heavy atom. The molecule has 148 valence electrons. The first-order valence-corrected chi connectivity index (χ1v) is 11.1. The number of rotatable bonds is 4. The summed E-state index contributed by atoms with van der Waals surface area (Å²) in [6.45, 7) is 2.01. The summed E-state index contributed by atoms with van der Waals surface area (Å²) in [6, 6.07) is 24.1. The fourth-order valence-electron chi connectivity index (χ4n) is 3.54. The molecule has 0 radical (unpaired) electrons. The molecule has 0 saturated carbocycles. The minimum Gasteiger partial charge on any atom is -0.351 e. The molecule has 0 aliphatic carbocycles. The van der Waals surface area contributed by atoms with E-state index in [0.717, 1.165) is 40.4 Å². The smallest absolute Gasteiger partial charge is 0.234 e. The number of nitrogens with one attached hydrogen (secondary N) is 1. The van der Waals surface area contributed by atoms with Crippen molar-refractivity contribution >= 4 is 45.0 Å². The van der Waals surface area contributed by atoms with Gasteiger partial charge in [-0.3, -0.25) is 4.79 Å². The lowest BCUT2D eigenvalue weighted by molar-refractivity contribution is -0.113. The van der Waals surface area contributed by atoms with Gasteiger partial charge in [0, 0.05) is 24.2 Å². The van der Waals surface area contributed by atoms with E-state index in [-0.39, 0.29) is 5.91 Å². The highest BCUT2D eigenvalue weighted by atomic mass is 32.2. The summed E-state index contributed by atoms with van der Waals surface area (Å²) in [4.78, 5) is 19.8. The van der Waals surface area contributed by atoms with E-state index in [0.29, 0.717) is 5.75 Å². The number of carbonyl (C=O) groups excluding carboxylic acids is 1. The Kier molecular flexibility index (Phi) is 6.47. The normalized spacial score (nSPS) is 14.8. The molecule has 29 heavy (non-hydrogen) atoms. The number of hydrogen-bond acceptors (Lipinski definition) is 3. The molecule has 1 saturated heterocycles. The van der Waals surface area contributed by atoms with Gasteiger partial charge in [0.25, 0.3) is 0 Å². The molecule has 1 amide bonds. The summed E-state index contributed by atoms with van der Waals surface area (Å²) in [7, 11) is 0. The first kappa shape index (κ1) is 19.5. The minimum absolute atomic E-state index is 0.0101. The van der Waals surface area contributed by atoms with Crippen LogP contribution in [0.2, 0.25) is 0 Å². The molecular weight excluding hydrogens is 378 g/mol. The molecule has 4 nitrogen and oxygen atoms in total. The van der Waals surface area contributed by atoms with Crippen molar-refractivity contribution in [2.24, 2.45) is 4.99 Å². The Bertz CT molecular complexity index is 992. The van der Waals surface area contributed by atoms with Crippen LogP contribution in [0.5, 0.6) is 0 Å². The van der Waals surface area contributed by atoms with Gasteiger partial charge in [-0.05, 0) is 42.8 Å². The van der Waals surface area contributed by atoms with E-state index in [4.69, 9.17) is 4.99 Å². The molecule has 1 fully saturated rings. The van der Waals surface area contributed by atoms with Gasteiger partial charge >= 0.3 is 0 Å². The average Bonchev–Trinajstić information content (AvgIpc) is 2.78. The fraction of sp³-hybridized carbons (Fsp3) is 0.250. The largest absolute Gasteiger partial charge is 0.351 e. The summed E-state index contributed by atoms with van der Waals surface area (Å²) in [5, 5.41) is 6.19. The van der Waals surface area contributed by atoms with Crippen LogP contribution in [0.15, 0.2) is 77.8 Å². The zero-order valence-electron chi connectivity index (χ0n) is 16.4. The van der Waals surface area contributed by atoms with Gasteiger partial charge in [0.15, 0.2) is 5.17 Å². The maximum Gasteiger partial charge on any atom is 0.234 e. The number of amides is 1. The van der Waals surface area contributed by atoms with E-state index in [2.05, 4.69) is 22.3 Å². The van der Waals surface area contributed by atoms with Gasteiger partial charge in [-0.2, -0.15) is 0 Å². The van der Waals surface area contributed by atoms with Gasteiger partial charge in [-0.15, -0.1) is 0 Å². The molecule has 3 aromatic rings. The Morgan fingerprint density at radius 3 is 2.45 bits per heavy atom. The molecule has 0 bridgehead atoms. The van der Waals surface area contributed by atoms with Crippen LogP contribution in [0.4, 0.5) is 11.4 Å². The van der Waals surface area contributed by atoms with Gasteiger partial charge in [-0.1, -0.05) is 66.4 Å². The van der Waals surface area contributed by atoms with Crippen molar-refractivity contribution in [1.29, 1.82) is 0 Å². The van der Waals surface area contributed by atoms with E-state index < -0.39 is 0 Å². The number of benzene rings is 3. The SMILES string of the molecule is O=C(CSC(=Nc1ccccc1)N1CCCCC1)Nc1cccc2ccccc12. The van der Waals surface area contributed by atoms with Crippen molar-refractivity contribution < 1.29 is 4.79 Å². The van der Waals surface area contributed by atoms with Crippen LogP contribution in [0.1, 0.15) is 19.3 Å². The van der Waals surface area contributed by atoms with Gasteiger partial charge in [0.2, 0.25) is 5.91 Å². The molecule has 1 aliphatic rings. The number of anilines is 1. The molecule has 1 N–H and O–H groups in total. The highest BCUT2D eigenvalue weighted by Gasteiger charge is 2.17. The molecule has 4 rings (SSSR count). The van der Waals surface area contributed by atoms with Crippen molar-refractivity contribution in [2.45, 2.75) is 19.3 Å². The number of fused-ring (bicyclic) bond motifs is 1. The van der Waals surface area contributed by atoms with Gasteiger partial charge < -0.3 is 10.2 Å². The van der Waals surface area contributed by atoms with E-state index in [9.17, 15) is 4.79 Å². The average molecular weight is 404 g/mol. The Hall–Kier alpha value is -2.79.